The molecule has 0 bridgehead atoms. The van der Waals surface area contributed by atoms with Gasteiger partial charge in [-0.2, -0.15) is 0 Å². The summed E-state index contributed by atoms with van der Waals surface area (Å²) in [5.41, 5.74) is 0. The number of likely N-dealkylation sites (N-methyl/N-ethyl adjacent to an activating group) is 1. The number of nitrogens with zero attached hydrogens (tertiary/aromatic N) is 1. The van der Waals surface area contributed by atoms with Crippen molar-refractivity contribution in [1.82, 2.24) is 4.90 Å². The summed E-state index contributed by atoms with van der Waals surface area (Å²) in [6, 6.07) is 0.106. The Labute approximate surface area is 62.6 Å². The van der Waals surface area contributed by atoms with Crippen LogP contribution in [0.2, 0.25) is 0 Å². The van der Waals surface area contributed by atoms with E-state index in [0.29, 0.717) is 0 Å². The first-order chi connectivity index (χ1) is 3.72. The van der Waals surface area contributed by atoms with Gasteiger partial charge in [-0.15, -0.1) is 19.0 Å². The average Bonchev–Trinajstić information content (AvgIpc) is 1.69. The van der Waals surface area contributed by atoms with Crippen molar-refractivity contribution in [3.63, 3.8) is 0 Å². The summed E-state index contributed by atoms with van der Waals surface area (Å²) in [5.74, 6) is 0. The fourth-order valence-corrected chi connectivity index (χ4v) is 0.449. The molecule has 0 saturated heterocycles. The molecular weight excluding hydrogens is 138 g/mol. The molecule has 0 rings (SSSR count). The first-order valence-electron chi connectivity index (χ1n) is 2.62. The Morgan fingerprint density at radius 2 is 2.11 bits per heavy atom. The van der Waals surface area contributed by atoms with E-state index < -0.39 is 0 Å². The van der Waals surface area contributed by atoms with Gasteiger partial charge in [0, 0.05) is 0 Å². The zero-order chi connectivity index (χ0) is 6.57. The van der Waals surface area contributed by atoms with Gasteiger partial charge in [0.1, 0.15) is 0 Å². The third-order valence-corrected chi connectivity index (χ3v) is 1.12. The SMILES string of the molecule is C=C[C@@H](CO)N(C)C.Cl. The number of aliphatic hydroxyl groups excluding tert-OH is 1. The first-order valence-corrected chi connectivity index (χ1v) is 2.62. The summed E-state index contributed by atoms with van der Waals surface area (Å²) in [6.45, 7) is 3.70. The van der Waals surface area contributed by atoms with Gasteiger partial charge in [0.15, 0.2) is 0 Å². The molecule has 0 spiro atoms. The Hall–Kier alpha value is -0.0500. The molecule has 1 atom stereocenters. The molecule has 0 radical (unpaired) electrons. The Balaban J connectivity index is 0. The summed E-state index contributed by atoms with van der Waals surface area (Å²) >= 11 is 0. The van der Waals surface area contributed by atoms with Crippen LogP contribution in [0.4, 0.5) is 0 Å². The molecule has 0 amide bonds. The third-order valence-electron chi connectivity index (χ3n) is 1.12. The van der Waals surface area contributed by atoms with Gasteiger partial charge in [-0.3, -0.25) is 0 Å². The van der Waals surface area contributed by atoms with Gasteiger partial charge in [-0.25, -0.2) is 0 Å². The largest absolute Gasteiger partial charge is 0.394 e. The second kappa shape index (κ2) is 6.08. The fraction of sp³-hybridized carbons (Fsp3) is 0.667. The van der Waals surface area contributed by atoms with E-state index in [1.807, 2.05) is 19.0 Å². The maximum atomic E-state index is 8.58. The molecule has 0 aliphatic heterocycles. The molecule has 0 aromatic carbocycles. The van der Waals surface area contributed by atoms with Crippen LogP contribution < -0.4 is 0 Å². The van der Waals surface area contributed by atoms with Crippen molar-refractivity contribution in [2.45, 2.75) is 6.04 Å². The lowest BCUT2D eigenvalue weighted by atomic mass is 10.3. The fourth-order valence-electron chi connectivity index (χ4n) is 0.449. The highest BCUT2D eigenvalue weighted by molar-refractivity contribution is 5.85. The van der Waals surface area contributed by atoms with Gasteiger partial charge < -0.3 is 10.0 Å². The average molecular weight is 152 g/mol. The summed E-state index contributed by atoms with van der Waals surface area (Å²) in [7, 11) is 3.81. The van der Waals surface area contributed by atoms with Crippen molar-refractivity contribution in [2.75, 3.05) is 20.7 Å². The molecule has 3 heteroatoms. The van der Waals surface area contributed by atoms with E-state index in [0.717, 1.165) is 0 Å². The summed E-state index contributed by atoms with van der Waals surface area (Å²) < 4.78 is 0. The maximum absolute atomic E-state index is 8.58. The lowest BCUT2D eigenvalue weighted by Gasteiger charge is -2.16. The minimum Gasteiger partial charge on any atom is -0.394 e. The van der Waals surface area contributed by atoms with Crippen LogP contribution in [0.15, 0.2) is 12.7 Å². The van der Waals surface area contributed by atoms with Crippen molar-refractivity contribution in [3.05, 3.63) is 12.7 Å². The van der Waals surface area contributed by atoms with Crippen molar-refractivity contribution < 1.29 is 5.11 Å². The monoisotopic (exact) mass is 151 g/mol. The summed E-state index contributed by atoms with van der Waals surface area (Å²) in [5, 5.41) is 8.58. The summed E-state index contributed by atoms with van der Waals surface area (Å²) in [6.07, 6.45) is 1.72. The van der Waals surface area contributed by atoms with Gasteiger partial charge in [0.2, 0.25) is 0 Å². The third kappa shape index (κ3) is 4.45. The number of hydrogen-bond donors (Lipinski definition) is 1. The lowest BCUT2D eigenvalue weighted by molar-refractivity contribution is 0.200. The number of hydrogen-bond acceptors (Lipinski definition) is 2. The molecular formula is C6H14ClNO. The summed E-state index contributed by atoms with van der Waals surface area (Å²) in [4.78, 5) is 1.91. The predicted octanol–water partition coefficient (Wildman–Crippen LogP) is 0.517. The first kappa shape index (κ1) is 11.7. The highest BCUT2D eigenvalue weighted by atomic mass is 35.5. The minimum absolute atomic E-state index is 0. The molecule has 0 unspecified atom stereocenters. The van der Waals surface area contributed by atoms with E-state index in [2.05, 4.69) is 6.58 Å². The van der Waals surface area contributed by atoms with Gasteiger partial charge in [0.25, 0.3) is 0 Å². The Bertz CT molecular complexity index is 75.5. The zero-order valence-corrected chi connectivity index (χ0v) is 6.69. The topological polar surface area (TPSA) is 23.5 Å². The van der Waals surface area contributed by atoms with Crippen LogP contribution in [0.1, 0.15) is 0 Å². The van der Waals surface area contributed by atoms with Crippen LogP contribution in [0.25, 0.3) is 0 Å². The van der Waals surface area contributed by atoms with Crippen LogP contribution in [0.5, 0.6) is 0 Å². The Kier molecular flexibility index (Phi) is 7.91. The molecule has 9 heavy (non-hydrogen) atoms. The normalized spacial score (nSPS) is 12.4. The van der Waals surface area contributed by atoms with Gasteiger partial charge in [-0.05, 0) is 14.1 Å². The number of rotatable bonds is 3. The van der Waals surface area contributed by atoms with Crippen LogP contribution >= 0.6 is 12.4 Å². The number of aliphatic hydroxyl groups is 1. The van der Waals surface area contributed by atoms with Gasteiger partial charge in [0.05, 0.1) is 12.6 Å². The van der Waals surface area contributed by atoms with Crippen molar-refractivity contribution >= 4 is 12.4 Å². The second-order valence-corrected chi connectivity index (χ2v) is 1.95. The molecule has 0 aromatic rings. The second-order valence-electron chi connectivity index (χ2n) is 1.95. The van der Waals surface area contributed by atoms with Crippen molar-refractivity contribution in [2.24, 2.45) is 0 Å². The van der Waals surface area contributed by atoms with Crippen molar-refractivity contribution in [3.8, 4) is 0 Å². The highest BCUT2D eigenvalue weighted by Gasteiger charge is 2.01. The molecule has 0 aliphatic carbocycles. The smallest absolute Gasteiger partial charge is 0.0622 e. The molecule has 56 valence electrons. The quantitative estimate of drug-likeness (QED) is 0.595. The Morgan fingerprint density at radius 1 is 1.67 bits per heavy atom. The van der Waals surface area contributed by atoms with E-state index in [9.17, 15) is 0 Å². The Morgan fingerprint density at radius 3 is 2.11 bits per heavy atom. The maximum Gasteiger partial charge on any atom is 0.0622 e. The lowest BCUT2D eigenvalue weighted by Crippen LogP contribution is -2.28. The van der Waals surface area contributed by atoms with E-state index in [4.69, 9.17) is 5.11 Å². The predicted molar refractivity (Wildman–Crippen MR) is 42.0 cm³/mol. The van der Waals surface area contributed by atoms with Crippen LogP contribution in [-0.2, 0) is 0 Å². The van der Waals surface area contributed by atoms with E-state index in [1.54, 1.807) is 6.08 Å². The molecule has 2 nitrogen and oxygen atoms in total. The van der Waals surface area contributed by atoms with Gasteiger partial charge in [-0.1, -0.05) is 6.08 Å². The van der Waals surface area contributed by atoms with Crippen LogP contribution in [0.3, 0.4) is 0 Å². The molecule has 0 heterocycles. The zero-order valence-electron chi connectivity index (χ0n) is 5.87. The van der Waals surface area contributed by atoms with Crippen LogP contribution in [0, 0.1) is 0 Å². The highest BCUT2D eigenvalue weighted by Crippen LogP contribution is 1.90. The standard InChI is InChI=1S/C6H13NO.ClH/c1-4-6(5-8)7(2)3;/h4,6,8H,1,5H2,2-3H3;1H/t6-;/m0./s1. The van der Waals surface area contributed by atoms with E-state index in [1.165, 1.54) is 0 Å². The van der Waals surface area contributed by atoms with Crippen LogP contribution in [-0.4, -0.2) is 36.8 Å². The molecule has 0 saturated carbocycles. The number of halogens is 1. The van der Waals surface area contributed by atoms with E-state index >= 15 is 0 Å². The molecule has 1 N–H and O–H groups in total. The van der Waals surface area contributed by atoms with Gasteiger partial charge >= 0.3 is 0 Å². The minimum atomic E-state index is 0. The molecule has 0 fully saturated rings. The molecule has 0 aliphatic rings. The molecule has 0 aromatic heterocycles. The van der Waals surface area contributed by atoms with E-state index in [-0.39, 0.29) is 25.1 Å². The van der Waals surface area contributed by atoms with Crippen molar-refractivity contribution in [1.29, 1.82) is 0 Å².